The molecule has 13 rings (SSSR count). The van der Waals surface area contributed by atoms with Crippen LogP contribution in [0.1, 0.15) is 184 Å². The van der Waals surface area contributed by atoms with Gasteiger partial charge in [-0.3, -0.25) is 0 Å². The zero-order valence-corrected chi connectivity index (χ0v) is 35.9. The van der Waals surface area contributed by atoms with E-state index in [4.69, 9.17) is 0 Å². The molecule has 0 spiro atoms. The minimum atomic E-state index is -0.328. The van der Waals surface area contributed by atoms with Gasteiger partial charge in [0.15, 0.2) is 0 Å². The van der Waals surface area contributed by atoms with Crippen molar-refractivity contribution in [2.45, 2.75) is 161 Å². The number of rotatable bonds is 12. The van der Waals surface area contributed by atoms with E-state index in [1.165, 1.54) is 138 Å². The predicted octanol–water partition coefficient (Wildman–Crippen LogP) is 15.2. The van der Waals surface area contributed by atoms with Crippen LogP contribution in [-0.4, -0.2) is 0 Å². The summed E-state index contributed by atoms with van der Waals surface area (Å²) in [6, 6.07) is 31.7. The maximum atomic E-state index is 2.84. The van der Waals surface area contributed by atoms with E-state index < -0.39 is 0 Å². The molecule has 0 heterocycles. The molecule has 0 heteroatoms. The van der Waals surface area contributed by atoms with Gasteiger partial charge in [0.05, 0.1) is 5.41 Å². The van der Waals surface area contributed by atoms with Gasteiger partial charge in [0.2, 0.25) is 0 Å². The maximum absolute atomic E-state index is 2.84. The highest BCUT2D eigenvalue weighted by Gasteiger charge is 2.52. The average molecular weight is 755 g/mol. The smallest absolute Gasteiger partial charge is 0.0654 e. The summed E-state index contributed by atoms with van der Waals surface area (Å²) < 4.78 is 0. The summed E-state index contributed by atoms with van der Waals surface area (Å²) >= 11 is 0. The standard InChI is InChI=1S/C57H70/c1-5-7-9-11-37-21-47(55-43-23-39-19-40(25-43)26-44(55)24-39)33-49(31-37)57(53-17-35(3)13-15-51(53)52-16-14-36(4)18-54(52)57)50-32-38(12-10-8-6-2)22-48(34-50)56-45-27-41-20-42(29-45)30-46(56)28-41/h13-18,21-22,31-34,39-46,55-56H,5-12,19-20,23-30H2,1-4H3. The zero-order valence-electron chi connectivity index (χ0n) is 35.9. The van der Waals surface area contributed by atoms with Crippen molar-refractivity contribution < 1.29 is 0 Å². The Morgan fingerprint density at radius 1 is 0.439 bits per heavy atom. The first-order valence-corrected chi connectivity index (χ1v) is 24.4. The molecule has 0 aliphatic heterocycles. The summed E-state index contributed by atoms with van der Waals surface area (Å²) in [6.07, 6.45) is 25.1. The van der Waals surface area contributed by atoms with Crippen LogP contribution in [0.5, 0.6) is 0 Å². The van der Waals surface area contributed by atoms with Crippen LogP contribution in [0.25, 0.3) is 11.1 Å². The summed E-state index contributed by atoms with van der Waals surface area (Å²) in [4.78, 5) is 0. The molecule has 298 valence electrons. The Labute approximate surface area is 346 Å². The Morgan fingerprint density at radius 3 is 1.19 bits per heavy atom. The van der Waals surface area contributed by atoms with Crippen LogP contribution in [0.3, 0.4) is 0 Å². The fourth-order valence-electron chi connectivity index (χ4n) is 16.0. The Hall–Kier alpha value is -3.12. The van der Waals surface area contributed by atoms with Crippen molar-refractivity contribution in [3.8, 4) is 11.1 Å². The van der Waals surface area contributed by atoms with Crippen molar-refractivity contribution in [2.24, 2.45) is 47.3 Å². The molecule has 0 saturated heterocycles. The van der Waals surface area contributed by atoms with Gasteiger partial charge in [0.25, 0.3) is 0 Å². The van der Waals surface area contributed by atoms with E-state index in [-0.39, 0.29) is 5.41 Å². The number of hydrogen-bond acceptors (Lipinski definition) is 0. The Bertz CT molecular complexity index is 1930. The van der Waals surface area contributed by atoms with Crippen LogP contribution in [-0.2, 0) is 18.3 Å². The molecule has 0 N–H and O–H groups in total. The molecule has 0 radical (unpaired) electrons. The van der Waals surface area contributed by atoms with Gasteiger partial charge in [0, 0.05) is 0 Å². The van der Waals surface area contributed by atoms with Crippen LogP contribution < -0.4 is 0 Å². The second-order valence-corrected chi connectivity index (χ2v) is 21.6. The molecule has 8 bridgehead atoms. The quantitative estimate of drug-likeness (QED) is 0.111. The van der Waals surface area contributed by atoms with Gasteiger partial charge in [-0.15, -0.1) is 0 Å². The van der Waals surface area contributed by atoms with E-state index in [1.54, 1.807) is 44.5 Å². The molecule has 8 fully saturated rings. The van der Waals surface area contributed by atoms with Crippen molar-refractivity contribution in [3.05, 3.63) is 128 Å². The van der Waals surface area contributed by atoms with Gasteiger partial charge in [-0.25, -0.2) is 0 Å². The summed E-state index contributed by atoms with van der Waals surface area (Å²) in [7, 11) is 0. The fraction of sp³-hybridized carbons (Fsp3) is 0.579. The Morgan fingerprint density at radius 2 is 0.825 bits per heavy atom. The molecule has 0 aromatic heterocycles. The molecular weight excluding hydrogens is 685 g/mol. The number of benzene rings is 4. The first kappa shape index (κ1) is 36.9. The predicted molar refractivity (Wildman–Crippen MR) is 239 cm³/mol. The van der Waals surface area contributed by atoms with Gasteiger partial charge in [-0.2, -0.15) is 0 Å². The number of hydrogen-bond donors (Lipinski definition) is 0. The summed E-state index contributed by atoms with van der Waals surface area (Å²) in [5, 5.41) is 0. The van der Waals surface area contributed by atoms with Crippen molar-refractivity contribution >= 4 is 0 Å². The fourth-order valence-corrected chi connectivity index (χ4v) is 16.0. The lowest BCUT2D eigenvalue weighted by Gasteiger charge is -2.55. The minimum Gasteiger partial charge on any atom is -0.0654 e. The van der Waals surface area contributed by atoms with E-state index in [2.05, 4.69) is 100 Å². The molecule has 0 amide bonds. The van der Waals surface area contributed by atoms with Gasteiger partial charge in [0.1, 0.15) is 0 Å². The summed E-state index contributed by atoms with van der Waals surface area (Å²) in [5.74, 6) is 9.01. The third kappa shape index (κ3) is 6.18. The van der Waals surface area contributed by atoms with Crippen molar-refractivity contribution in [3.63, 3.8) is 0 Å². The van der Waals surface area contributed by atoms with Crippen molar-refractivity contribution in [2.75, 3.05) is 0 Å². The highest BCUT2D eigenvalue weighted by Crippen LogP contribution is 2.63. The lowest BCUT2D eigenvalue weighted by atomic mass is 9.50. The normalized spacial score (nSPS) is 32.2. The molecule has 8 saturated carbocycles. The molecule has 57 heavy (non-hydrogen) atoms. The number of aryl methyl sites for hydroxylation is 4. The topological polar surface area (TPSA) is 0 Å². The second kappa shape index (κ2) is 14.6. The number of unbranched alkanes of at least 4 members (excludes halogenated alkanes) is 4. The van der Waals surface area contributed by atoms with Crippen LogP contribution >= 0.6 is 0 Å². The van der Waals surface area contributed by atoms with Crippen molar-refractivity contribution in [1.82, 2.24) is 0 Å². The average Bonchev–Trinajstić information content (AvgIpc) is 3.46. The molecule has 4 aromatic rings. The van der Waals surface area contributed by atoms with Gasteiger partial charge >= 0.3 is 0 Å². The third-order valence-corrected chi connectivity index (χ3v) is 17.7. The third-order valence-electron chi connectivity index (χ3n) is 17.7. The van der Waals surface area contributed by atoms with Crippen LogP contribution in [0.2, 0.25) is 0 Å². The first-order chi connectivity index (χ1) is 27.9. The molecule has 9 aliphatic rings. The molecule has 0 atom stereocenters. The first-order valence-electron chi connectivity index (χ1n) is 24.4. The van der Waals surface area contributed by atoms with E-state index in [0.29, 0.717) is 0 Å². The zero-order chi connectivity index (χ0) is 38.4. The van der Waals surface area contributed by atoms with E-state index in [1.807, 2.05) is 0 Å². The van der Waals surface area contributed by atoms with Crippen LogP contribution in [0.15, 0.2) is 72.8 Å². The molecule has 4 aromatic carbocycles. The maximum Gasteiger partial charge on any atom is 0.0714 e. The summed E-state index contributed by atoms with van der Waals surface area (Å²) in [6.45, 7) is 9.44. The highest BCUT2D eigenvalue weighted by molar-refractivity contribution is 5.87. The molecule has 0 unspecified atom stereocenters. The van der Waals surface area contributed by atoms with Gasteiger partial charge in [-0.05, 0) is 219 Å². The second-order valence-electron chi connectivity index (χ2n) is 21.6. The van der Waals surface area contributed by atoms with E-state index in [9.17, 15) is 0 Å². The minimum absolute atomic E-state index is 0.328. The summed E-state index contributed by atoms with van der Waals surface area (Å²) in [5.41, 5.74) is 18.3. The van der Waals surface area contributed by atoms with Crippen molar-refractivity contribution in [1.29, 1.82) is 0 Å². The molecule has 9 aliphatic carbocycles. The monoisotopic (exact) mass is 755 g/mol. The highest BCUT2D eigenvalue weighted by atomic mass is 14.6. The molecular formula is C57H70. The van der Waals surface area contributed by atoms with Crippen LogP contribution in [0, 0.1) is 61.2 Å². The molecule has 0 nitrogen and oxygen atoms in total. The lowest BCUT2D eigenvalue weighted by Crippen LogP contribution is -2.44. The van der Waals surface area contributed by atoms with Crippen LogP contribution in [0.4, 0.5) is 0 Å². The van der Waals surface area contributed by atoms with Gasteiger partial charge in [-0.1, -0.05) is 123 Å². The van der Waals surface area contributed by atoms with E-state index in [0.717, 1.165) is 59.2 Å². The lowest BCUT2D eigenvalue weighted by molar-refractivity contribution is -0.00285. The number of fused-ring (bicyclic) bond motifs is 3. The SMILES string of the molecule is CCCCCc1cc(C2C3CC4CC(C3)CC2C4)cc(C2(c3cc(CCCCC)cc(C4C5CC6CC(C5)CC4C6)c3)c3cc(C)ccc3-c3ccc(C)cc32)c1. The van der Waals surface area contributed by atoms with E-state index >= 15 is 0 Å². The van der Waals surface area contributed by atoms with Gasteiger partial charge < -0.3 is 0 Å². The Kier molecular flexibility index (Phi) is 9.43. The Balaban J connectivity index is 1.16. The largest absolute Gasteiger partial charge is 0.0714 e.